The summed E-state index contributed by atoms with van der Waals surface area (Å²) in [6, 6.07) is 11.7. The Bertz CT molecular complexity index is 900. The number of halogens is 1. The van der Waals surface area contributed by atoms with E-state index in [1.807, 2.05) is 6.07 Å². The number of anilines is 1. The normalized spacial score (nSPS) is 12.6. The molecule has 0 saturated heterocycles. The van der Waals surface area contributed by atoms with Crippen LogP contribution in [0.2, 0.25) is 5.02 Å². The Labute approximate surface area is 158 Å². The van der Waals surface area contributed by atoms with Crippen LogP contribution in [0.4, 0.5) is 5.69 Å². The molecule has 1 unspecified atom stereocenters. The van der Waals surface area contributed by atoms with Crippen LogP contribution in [0.1, 0.15) is 24.2 Å². The monoisotopic (exact) mass is 396 g/mol. The van der Waals surface area contributed by atoms with Gasteiger partial charge in [0.15, 0.2) is 0 Å². The van der Waals surface area contributed by atoms with Crippen molar-refractivity contribution in [3.05, 3.63) is 58.6 Å². The van der Waals surface area contributed by atoms with Crippen LogP contribution in [0.25, 0.3) is 0 Å². The van der Waals surface area contributed by atoms with E-state index in [1.165, 1.54) is 20.1 Å². The Morgan fingerprint density at radius 2 is 1.92 bits per heavy atom. The molecule has 2 rings (SSSR count). The lowest BCUT2D eigenvalue weighted by atomic mass is 10.1. The highest BCUT2D eigenvalue weighted by Gasteiger charge is 2.21. The van der Waals surface area contributed by atoms with E-state index in [0.717, 1.165) is 0 Å². The SMILES string of the molecule is COC(CNS(=O)(=O)c1ccc(NC(C)=O)cc1C)c1ccccc1Cl. The van der Waals surface area contributed by atoms with Crippen LogP contribution in [-0.4, -0.2) is 28.0 Å². The van der Waals surface area contributed by atoms with E-state index < -0.39 is 16.1 Å². The molecular weight excluding hydrogens is 376 g/mol. The number of carbonyl (C=O) groups excluding carboxylic acids is 1. The number of benzene rings is 2. The zero-order chi connectivity index (χ0) is 19.3. The molecule has 2 N–H and O–H groups in total. The lowest BCUT2D eigenvalue weighted by molar-refractivity contribution is -0.114. The summed E-state index contributed by atoms with van der Waals surface area (Å²) in [6.45, 7) is 3.10. The van der Waals surface area contributed by atoms with E-state index in [4.69, 9.17) is 16.3 Å². The molecule has 1 atom stereocenters. The number of carbonyl (C=O) groups is 1. The number of hydrogen-bond donors (Lipinski definition) is 2. The highest BCUT2D eigenvalue weighted by atomic mass is 35.5. The van der Waals surface area contributed by atoms with Gasteiger partial charge >= 0.3 is 0 Å². The zero-order valence-electron chi connectivity index (χ0n) is 14.7. The molecular formula is C18H21ClN2O4S. The van der Waals surface area contributed by atoms with E-state index in [0.29, 0.717) is 21.8 Å². The molecule has 2 aromatic rings. The molecule has 0 aliphatic heterocycles. The van der Waals surface area contributed by atoms with Gasteiger partial charge in [0.2, 0.25) is 15.9 Å². The lowest BCUT2D eigenvalue weighted by Gasteiger charge is -2.18. The van der Waals surface area contributed by atoms with E-state index in [-0.39, 0.29) is 17.3 Å². The van der Waals surface area contributed by atoms with Crippen LogP contribution in [0.15, 0.2) is 47.4 Å². The first kappa shape index (κ1) is 20.4. The molecule has 0 fully saturated rings. The number of amides is 1. The minimum atomic E-state index is -3.75. The van der Waals surface area contributed by atoms with E-state index in [9.17, 15) is 13.2 Å². The van der Waals surface area contributed by atoms with E-state index >= 15 is 0 Å². The van der Waals surface area contributed by atoms with Gasteiger partial charge in [-0.15, -0.1) is 0 Å². The summed E-state index contributed by atoms with van der Waals surface area (Å²) in [5.74, 6) is -0.221. The number of methoxy groups -OCH3 is 1. The van der Waals surface area contributed by atoms with Crippen molar-refractivity contribution < 1.29 is 17.9 Å². The number of sulfonamides is 1. The van der Waals surface area contributed by atoms with Crippen LogP contribution >= 0.6 is 11.6 Å². The molecule has 0 radical (unpaired) electrons. The first-order valence-electron chi connectivity index (χ1n) is 7.89. The zero-order valence-corrected chi connectivity index (χ0v) is 16.3. The van der Waals surface area contributed by atoms with Crippen LogP contribution in [-0.2, 0) is 19.6 Å². The fraction of sp³-hybridized carbons (Fsp3) is 0.278. The summed E-state index contributed by atoms with van der Waals surface area (Å²) in [5.41, 5.74) is 1.77. The second-order valence-electron chi connectivity index (χ2n) is 5.76. The van der Waals surface area contributed by atoms with Gasteiger partial charge < -0.3 is 10.1 Å². The van der Waals surface area contributed by atoms with Crippen molar-refractivity contribution in [2.75, 3.05) is 19.0 Å². The van der Waals surface area contributed by atoms with Crippen molar-refractivity contribution in [3.63, 3.8) is 0 Å². The standard InChI is InChI=1S/C18H21ClN2O4S/c1-12-10-14(21-13(2)22)8-9-18(12)26(23,24)20-11-17(25-3)15-6-4-5-7-16(15)19/h4-10,17,20H,11H2,1-3H3,(H,21,22). The van der Waals surface area contributed by atoms with Crippen LogP contribution in [0, 0.1) is 6.92 Å². The third-order valence-corrected chi connectivity index (χ3v) is 5.71. The average Bonchev–Trinajstić information content (AvgIpc) is 2.56. The molecule has 26 heavy (non-hydrogen) atoms. The fourth-order valence-electron chi connectivity index (χ4n) is 2.55. The van der Waals surface area contributed by atoms with Gasteiger partial charge in [-0.1, -0.05) is 29.8 Å². The number of hydrogen-bond acceptors (Lipinski definition) is 4. The molecule has 0 saturated carbocycles. The maximum atomic E-state index is 12.6. The maximum absolute atomic E-state index is 12.6. The highest BCUT2D eigenvalue weighted by molar-refractivity contribution is 7.89. The summed E-state index contributed by atoms with van der Waals surface area (Å²) in [4.78, 5) is 11.3. The maximum Gasteiger partial charge on any atom is 0.240 e. The Kier molecular flexibility index (Phi) is 6.77. The second kappa shape index (κ2) is 8.64. The lowest BCUT2D eigenvalue weighted by Crippen LogP contribution is -2.30. The van der Waals surface area contributed by atoms with Crippen molar-refractivity contribution >= 4 is 33.2 Å². The minimum Gasteiger partial charge on any atom is -0.375 e. The smallest absolute Gasteiger partial charge is 0.240 e. The molecule has 2 aromatic carbocycles. The van der Waals surface area contributed by atoms with Crippen molar-refractivity contribution in [1.29, 1.82) is 0 Å². The minimum absolute atomic E-state index is 0.0372. The summed E-state index contributed by atoms with van der Waals surface area (Å²) in [6.07, 6.45) is -0.516. The third kappa shape index (κ3) is 5.04. The number of aryl methyl sites for hydroxylation is 1. The number of nitrogens with one attached hydrogen (secondary N) is 2. The van der Waals surface area contributed by atoms with Gasteiger partial charge in [0.05, 0.1) is 11.0 Å². The Balaban J connectivity index is 2.18. The summed E-state index contributed by atoms with van der Waals surface area (Å²) in [5, 5.41) is 3.13. The predicted molar refractivity (Wildman–Crippen MR) is 102 cm³/mol. The predicted octanol–water partition coefficient (Wildman–Crippen LogP) is 3.27. The van der Waals surface area contributed by atoms with Gasteiger partial charge in [-0.25, -0.2) is 13.1 Å². The van der Waals surface area contributed by atoms with E-state index in [2.05, 4.69) is 10.0 Å². The van der Waals surface area contributed by atoms with Crippen molar-refractivity contribution in [2.45, 2.75) is 24.8 Å². The molecule has 0 heterocycles. The Morgan fingerprint density at radius 1 is 1.23 bits per heavy atom. The van der Waals surface area contributed by atoms with Crippen LogP contribution in [0.5, 0.6) is 0 Å². The van der Waals surface area contributed by atoms with E-state index in [1.54, 1.807) is 37.3 Å². The Hall–Kier alpha value is -1.93. The first-order chi connectivity index (χ1) is 12.2. The average molecular weight is 397 g/mol. The van der Waals surface area contributed by atoms with Gasteiger partial charge in [0.1, 0.15) is 0 Å². The van der Waals surface area contributed by atoms with Gasteiger partial charge in [-0.2, -0.15) is 0 Å². The quantitative estimate of drug-likeness (QED) is 0.752. The van der Waals surface area contributed by atoms with Gasteiger partial charge in [0, 0.05) is 36.9 Å². The van der Waals surface area contributed by atoms with Gasteiger partial charge in [0.25, 0.3) is 0 Å². The third-order valence-electron chi connectivity index (χ3n) is 3.78. The molecule has 0 aliphatic carbocycles. The summed E-state index contributed by atoms with van der Waals surface area (Å²) in [7, 11) is -2.25. The van der Waals surface area contributed by atoms with Crippen molar-refractivity contribution in [1.82, 2.24) is 4.72 Å². The topological polar surface area (TPSA) is 84.5 Å². The summed E-state index contributed by atoms with van der Waals surface area (Å²) < 4.78 is 33.2. The van der Waals surface area contributed by atoms with Gasteiger partial charge in [-0.3, -0.25) is 4.79 Å². The van der Waals surface area contributed by atoms with Gasteiger partial charge in [-0.05, 0) is 36.8 Å². The fourth-order valence-corrected chi connectivity index (χ4v) is 4.07. The number of ether oxygens (including phenoxy) is 1. The Morgan fingerprint density at radius 3 is 2.50 bits per heavy atom. The largest absolute Gasteiger partial charge is 0.375 e. The molecule has 6 nitrogen and oxygen atoms in total. The second-order valence-corrected chi connectivity index (χ2v) is 7.90. The number of rotatable bonds is 7. The molecule has 140 valence electrons. The molecule has 0 bridgehead atoms. The molecule has 0 spiro atoms. The first-order valence-corrected chi connectivity index (χ1v) is 9.76. The molecule has 0 aliphatic rings. The molecule has 8 heteroatoms. The van der Waals surface area contributed by atoms with Crippen molar-refractivity contribution in [3.8, 4) is 0 Å². The van der Waals surface area contributed by atoms with Crippen LogP contribution in [0.3, 0.4) is 0 Å². The molecule has 0 aromatic heterocycles. The summed E-state index contributed by atoms with van der Waals surface area (Å²) >= 11 is 6.16. The highest BCUT2D eigenvalue weighted by Crippen LogP contribution is 2.25. The molecule has 1 amide bonds. The van der Waals surface area contributed by atoms with Crippen LogP contribution < -0.4 is 10.0 Å². The van der Waals surface area contributed by atoms with Crippen molar-refractivity contribution in [2.24, 2.45) is 0 Å².